The number of hydrogen-bond acceptors (Lipinski definition) is 4. The first-order valence-electron chi connectivity index (χ1n) is 6.13. The second-order valence-electron chi connectivity index (χ2n) is 4.41. The molecule has 0 fully saturated rings. The zero-order valence-corrected chi connectivity index (χ0v) is 11.8. The molecular formula is C14H21NO4. The van der Waals surface area contributed by atoms with Gasteiger partial charge in [0.1, 0.15) is 0 Å². The summed E-state index contributed by atoms with van der Waals surface area (Å²) in [5.41, 5.74) is 1.06. The summed E-state index contributed by atoms with van der Waals surface area (Å²) < 4.78 is 10.5. The number of benzene rings is 1. The van der Waals surface area contributed by atoms with Gasteiger partial charge < -0.3 is 14.6 Å². The zero-order valence-electron chi connectivity index (χ0n) is 11.8. The van der Waals surface area contributed by atoms with Crippen LogP contribution in [0.2, 0.25) is 0 Å². The maximum absolute atomic E-state index is 10.6. The molecule has 0 unspecified atom stereocenters. The number of methoxy groups -OCH3 is 2. The molecule has 106 valence electrons. The molecule has 0 spiro atoms. The molecule has 1 atom stereocenters. The third-order valence-corrected chi connectivity index (χ3v) is 3.23. The standard InChI is InChI=1S/C14H21NO4/c1-10(15(2)8-7-14(16)17)11-5-6-12(18-3)13(9-11)19-4/h5-6,9-10H,7-8H2,1-4H3,(H,16,17)/t10-/m0/s1. The van der Waals surface area contributed by atoms with Crippen LogP contribution in [0, 0.1) is 0 Å². The molecule has 19 heavy (non-hydrogen) atoms. The minimum absolute atomic E-state index is 0.110. The number of rotatable bonds is 7. The topological polar surface area (TPSA) is 59.0 Å². The first kappa shape index (κ1) is 15.3. The van der Waals surface area contributed by atoms with Gasteiger partial charge in [0.25, 0.3) is 0 Å². The first-order chi connectivity index (χ1) is 8.99. The van der Waals surface area contributed by atoms with Gasteiger partial charge in [-0.15, -0.1) is 0 Å². The summed E-state index contributed by atoms with van der Waals surface area (Å²) in [5.74, 6) is 0.580. The van der Waals surface area contributed by atoms with E-state index >= 15 is 0 Å². The van der Waals surface area contributed by atoms with Crippen LogP contribution < -0.4 is 9.47 Å². The van der Waals surface area contributed by atoms with Crippen LogP contribution in [-0.2, 0) is 4.79 Å². The molecule has 0 saturated heterocycles. The van der Waals surface area contributed by atoms with E-state index in [1.165, 1.54) is 0 Å². The molecule has 1 rings (SSSR count). The van der Waals surface area contributed by atoms with Gasteiger partial charge >= 0.3 is 5.97 Å². The summed E-state index contributed by atoms with van der Waals surface area (Å²) in [7, 11) is 5.10. The predicted octanol–water partition coefficient (Wildman–Crippen LogP) is 2.17. The maximum Gasteiger partial charge on any atom is 0.304 e. The molecule has 0 heterocycles. The lowest BCUT2D eigenvalue weighted by Crippen LogP contribution is -2.25. The molecule has 0 aliphatic carbocycles. The van der Waals surface area contributed by atoms with Crippen molar-refractivity contribution >= 4 is 5.97 Å². The lowest BCUT2D eigenvalue weighted by atomic mass is 10.1. The fourth-order valence-corrected chi connectivity index (χ4v) is 1.83. The van der Waals surface area contributed by atoms with Crippen LogP contribution in [0.15, 0.2) is 18.2 Å². The van der Waals surface area contributed by atoms with Crippen molar-refractivity contribution in [2.75, 3.05) is 27.8 Å². The van der Waals surface area contributed by atoms with Crippen molar-refractivity contribution in [2.24, 2.45) is 0 Å². The Balaban J connectivity index is 2.81. The van der Waals surface area contributed by atoms with Crippen LogP contribution >= 0.6 is 0 Å². The van der Waals surface area contributed by atoms with Gasteiger partial charge in [-0.25, -0.2) is 0 Å². The van der Waals surface area contributed by atoms with Crippen molar-refractivity contribution in [3.05, 3.63) is 23.8 Å². The highest BCUT2D eigenvalue weighted by atomic mass is 16.5. The van der Waals surface area contributed by atoms with Crippen molar-refractivity contribution in [3.8, 4) is 11.5 Å². The highest BCUT2D eigenvalue weighted by Crippen LogP contribution is 2.31. The van der Waals surface area contributed by atoms with Crippen molar-refractivity contribution < 1.29 is 19.4 Å². The molecule has 1 aromatic rings. The Morgan fingerprint density at radius 3 is 2.47 bits per heavy atom. The lowest BCUT2D eigenvalue weighted by Gasteiger charge is -2.25. The van der Waals surface area contributed by atoms with Gasteiger partial charge in [0, 0.05) is 12.6 Å². The molecule has 5 nitrogen and oxygen atoms in total. The Morgan fingerprint density at radius 1 is 1.32 bits per heavy atom. The molecule has 0 saturated carbocycles. The molecule has 0 bridgehead atoms. The predicted molar refractivity (Wildman–Crippen MR) is 72.8 cm³/mol. The fraction of sp³-hybridized carbons (Fsp3) is 0.500. The normalized spacial score (nSPS) is 12.3. The molecule has 1 aromatic carbocycles. The van der Waals surface area contributed by atoms with E-state index < -0.39 is 5.97 Å². The van der Waals surface area contributed by atoms with E-state index in [4.69, 9.17) is 14.6 Å². The number of carboxylic acids is 1. The van der Waals surface area contributed by atoms with E-state index in [2.05, 4.69) is 0 Å². The number of carboxylic acid groups (broad SMARTS) is 1. The Hall–Kier alpha value is -1.75. The minimum Gasteiger partial charge on any atom is -0.493 e. The number of ether oxygens (including phenoxy) is 2. The van der Waals surface area contributed by atoms with E-state index in [0.29, 0.717) is 18.0 Å². The molecule has 5 heteroatoms. The summed E-state index contributed by atoms with van der Waals surface area (Å²) >= 11 is 0. The van der Waals surface area contributed by atoms with Crippen LogP contribution in [-0.4, -0.2) is 43.8 Å². The van der Waals surface area contributed by atoms with Gasteiger partial charge in [0.15, 0.2) is 11.5 Å². The van der Waals surface area contributed by atoms with Gasteiger partial charge in [-0.3, -0.25) is 9.69 Å². The summed E-state index contributed by atoms with van der Waals surface area (Å²) in [6.07, 6.45) is 0.133. The van der Waals surface area contributed by atoms with E-state index in [-0.39, 0.29) is 12.5 Å². The Kier molecular flexibility index (Phi) is 5.63. The van der Waals surface area contributed by atoms with E-state index in [9.17, 15) is 4.79 Å². The Labute approximate surface area is 113 Å². The summed E-state index contributed by atoms with van der Waals surface area (Å²) in [5, 5.41) is 8.70. The second kappa shape index (κ2) is 6.99. The molecule has 0 aliphatic rings. The fourth-order valence-electron chi connectivity index (χ4n) is 1.83. The monoisotopic (exact) mass is 267 g/mol. The van der Waals surface area contributed by atoms with Crippen LogP contribution in [0.3, 0.4) is 0 Å². The second-order valence-corrected chi connectivity index (χ2v) is 4.41. The van der Waals surface area contributed by atoms with Crippen molar-refractivity contribution in [2.45, 2.75) is 19.4 Å². The number of aliphatic carboxylic acids is 1. The van der Waals surface area contributed by atoms with Gasteiger partial charge in [0.2, 0.25) is 0 Å². The van der Waals surface area contributed by atoms with Crippen molar-refractivity contribution in [1.82, 2.24) is 4.90 Å². The average Bonchev–Trinajstić information content (AvgIpc) is 2.42. The minimum atomic E-state index is -0.786. The SMILES string of the molecule is COc1ccc([C@H](C)N(C)CCC(=O)O)cc1OC. The largest absolute Gasteiger partial charge is 0.493 e. The summed E-state index contributed by atoms with van der Waals surface area (Å²) in [6, 6.07) is 5.85. The van der Waals surface area contributed by atoms with Gasteiger partial charge in [-0.1, -0.05) is 6.07 Å². The zero-order chi connectivity index (χ0) is 14.4. The lowest BCUT2D eigenvalue weighted by molar-refractivity contribution is -0.137. The van der Waals surface area contributed by atoms with E-state index in [1.807, 2.05) is 37.1 Å². The van der Waals surface area contributed by atoms with Gasteiger partial charge in [-0.05, 0) is 31.7 Å². The smallest absolute Gasteiger partial charge is 0.304 e. The number of nitrogens with zero attached hydrogens (tertiary/aromatic N) is 1. The van der Waals surface area contributed by atoms with Crippen LogP contribution in [0.5, 0.6) is 11.5 Å². The van der Waals surface area contributed by atoms with Crippen LogP contribution in [0.1, 0.15) is 24.9 Å². The van der Waals surface area contributed by atoms with E-state index in [0.717, 1.165) is 5.56 Å². The third kappa shape index (κ3) is 4.13. The highest BCUT2D eigenvalue weighted by Gasteiger charge is 2.15. The van der Waals surface area contributed by atoms with E-state index in [1.54, 1.807) is 14.2 Å². The quantitative estimate of drug-likeness (QED) is 0.820. The van der Waals surface area contributed by atoms with Gasteiger partial charge in [-0.2, -0.15) is 0 Å². The van der Waals surface area contributed by atoms with Crippen LogP contribution in [0.4, 0.5) is 0 Å². The molecule has 0 radical (unpaired) electrons. The van der Waals surface area contributed by atoms with Crippen molar-refractivity contribution in [1.29, 1.82) is 0 Å². The molecule has 0 aliphatic heterocycles. The molecule has 0 aromatic heterocycles. The van der Waals surface area contributed by atoms with Gasteiger partial charge in [0.05, 0.1) is 20.6 Å². The molecule has 0 amide bonds. The number of hydrogen-bond donors (Lipinski definition) is 1. The Bertz CT molecular complexity index is 433. The van der Waals surface area contributed by atoms with Crippen LogP contribution in [0.25, 0.3) is 0 Å². The highest BCUT2D eigenvalue weighted by molar-refractivity contribution is 5.66. The summed E-state index contributed by atoms with van der Waals surface area (Å²) in [6.45, 7) is 2.54. The first-order valence-corrected chi connectivity index (χ1v) is 6.13. The average molecular weight is 267 g/mol. The Morgan fingerprint density at radius 2 is 1.95 bits per heavy atom. The van der Waals surface area contributed by atoms with Crippen molar-refractivity contribution in [3.63, 3.8) is 0 Å². The molecular weight excluding hydrogens is 246 g/mol. The maximum atomic E-state index is 10.6. The summed E-state index contributed by atoms with van der Waals surface area (Å²) in [4.78, 5) is 12.6. The number of carbonyl (C=O) groups is 1. The third-order valence-electron chi connectivity index (χ3n) is 3.23. The molecule has 1 N–H and O–H groups in total.